The fourth-order valence-corrected chi connectivity index (χ4v) is 3.01. The van der Waals surface area contributed by atoms with E-state index < -0.39 is 0 Å². The minimum Gasteiger partial charge on any atom is -0.248 e. The van der Waals surface area contributed by atoms with E-state index in [-0.39, 0.29) is 11.6 Å². The van der Waals surface area contributed by atoms with Gasteiger partial charge in [0.25, 0.3) is 0 Å². The van der Waals surface area contributed by atoms with Crippen LogP contribution in [-0.4, -0.2) is 5.71 Å². The standard InChI is InChI=1S/C22H17F2NS/c1-16-6-2-5-9-21(16)25-22(19-7-3-4-8-20(19)24)14-15-26-18-12-10-17(23)11-13-18/h2-15H,1H3/b15-14+,25-22-. The van der Waals surface area contributed by atoms with Crippen molar-refractivity contribution in [1.29, 1.82) is 0 Å². The van der Waals surface area contributed by atoms with Crippen molar-refractivity contribution >= 4 is 23.2 Å². The summed E-state index contributed by atoms with van der Waals surface area (Å²) in [6.45, 7) is 1.97. The summed E-state index contributed by atoms with van der Waals surface area (Å²) in [5.41, 5.74) is 2.78. The molecule has 0 aliphatic rings. The first-order valence-corrected chi connectivity index (χ1v) is 8.99. The molecule has 0 N–H and O–H groups in total. The molecule has 4 heteroatoms. The number of rotatable bonds is 5. The zero-order valence-corrected chi connectivity index (χ0v) is 15.0. The number of halogens is 2. The second-order valence-electron chi connectivity index (χ2n) is 5.64. The molecule has 0 unspecified atom stereocenters. The molecule has 3 aromatic carbocycles. The van der Waals surface area contributed by atoms with E-state index in [1.54, 1.807) is 36.4 Å². The van der Waals surface area contributed by atoms with Crippen LogP contribution in [0.25, 0.3) is 0 Å². The number of hydrogen-bond acceptors (Lipinski definition) is 2. The molecular weight excluding hydrogens is 348 g/mol. The Hall–Kier alpha value is -2.72. The first kappa shape index (κ1) is 18.1. The highest BCUT2D eigenvalue weighted by atomic mass is 32.2. The van der Waals surface area contributed by atoms with Crippen molar-refractivity contribution in [1.82, 2.24) is 0 Å². The van der Waals surface area contributed by atoms with E-state index in [9.17, 15) is 8.78 Å². The average Bonchev–Trinajstić information content (AvgIpc) is 2.65. The zero-order valence-electron chi connectivity index (χ0n) is 14.2. The Morgan fingerprint density at radius 1 is 0.885 bits per heavy atom. The van der Waals surface area contributed by atoms with Gasteiger partial charge in [0.2, 0.25) is 0 Å². The average molecular weight is 365 g/mol. The topological polar surface area (TPSA) is 12.4 Å². The number of benzene rings is 3. The van der Waals surface area contributed by atoms with E-state index in [2.05, 4.69) is 4.99 Å². The first-order valence-electron chi connectivity index (χ1n) is 8.11. The van der Waals surface area contributed by atoms with Crippen molar-refractivity contribution in [3.63, 3.8) is 0 Å². The lowest BCUT2D eigenvalue weighted by atomic mass is 10.1. The van der Waals surface area contributed by atoms with Crippen LogP contribution < -0.4 is 0 Å². The monoisotopic (exact) mass is 365 g/mol. The molecule has 3 aromatic rings. The molecule has 0 bridgehead atoms. The van der Waals surface area contributed by atoms with Crippen molar-refractivity contribution in [2.75, 3.05) is 0 Å². The van der Waals surface area contributed by atoms with E-state index in [4.69, 9.17) is 0 Å². The Morgan fingerprint density at radius 2 is 1.58 bits per heavy atom. The van der Waals surface area contributed by atoms with Crippen LogP contribution in [0.15, 0.2) is 94.2 Å². The largest absolute Gasteiger partial charge is 0.248 e. The van der Waals surface area contributed by atoms with Crippen LogP contribution in [0.3, 0.4) is 0 Å². The highest BCUT2D eigenvalue weighted by Gasteiger charge is 2.07. The Kier molecular flexibility index (Phi) is 5.97. The van der Waals surface area contributed by atoms with Crippen LogP contribution >= 0.6 is 11.8 Å². The predicted molar refractivity (Wildman–Crippen MR) is 105 cm³/mol. The second kappa shape index (κ2) is 8.59. The highest BCUT2D eigenvalue weighted by Crippen LogP contribution is 2.23. The van der Waals surface area contributed by atoms with Crippen LogP contribution in [0.2, 0.25) is 0 Å². The van der Waals surface area contributed by atoms with Crippen LogP contribution in [-0.2, 0) is 0 Å². The predicted octanol–water partition coefficient (Wildman–Crippen LogP) is 6.70. The van der Waals surface area contributed by atoms with E-state index in [0.29, 0.717) is 11.3 Å². The van der Waals surface area contributed by atoms with Crippen molar-refractivity contribution < 1.29 is 8.78 Å². The summed E-state index contributed by atoms with van der Waals surface area (Å²) in [4.78, 5) is 5.55. The minimum atomic E-state index is -0.323. The third kappa shape index (κ3) is 4.67. The number of allylic oxidation sites excluding steroid dienone is 1. The van der Waals surface area contributed by atoms with E-state index in [0.717, 1.165) is 16.1 Å². The Balaban J connectivity index is 1.93. The Bertz CT molecular complexity index is 946. The minimum absolute atomic E-state index is 0.272. The van der Waals surface area contributed by atoms with Gasteiger partial charge in [-0.3, -0.25) is 0 Å². The van der Waals surface area contributed by atoms with Crippen molar-refractivity contribution in [2.24, 2.45) is 4.99 Å². The highest BCUT2D eigenvalue weighted by molar-refractivity contribution is 8.02. The van der Waals surface area contributed by atoms with E-state index in [1.165, 1.54) is 30.0 Å². The zero-order chi connectivity index (χ0) is 18.4. The maximum absolute atomic E-state index is 14.3. The van der Waals surface area contributed by atoms with Crippen LogP contribution in [0.1, 0.15) is 11.1 Å². The molecule has 1 nitrogen and oxygen atoms in total. The Morgan fingerprint density at radius 3 is 2.31 bits per heavy atom. The van der Waals surface area contributed by atoms with Gasteiger partial charge in [-0.2, -0.15) is 0 Å². The van der Waals surface area contributed by atoms with Crippen LogP contribution in [0.5, 0.6) is 0 Å². The normalized spacial score (nSPS) is 11.9. The number of nitrogens with zero attached hydrogens (tertiary/aromatic N) is 1. The van der Waals surface area contributed by atoms with Gasteiger partial charge in [0.15, 0.2) is 0 Å². The second-order valence-corrected chi connectivity index (χ2v) is 6.62. The summed E-state index contributed by atoms with van der Waals surface area (Å²) in [6.07, 6.45) is 1.78. The summed E-state index contributed by atoms with van der Waals surface area (Å²) >= 11 is 1.42. The maximum atomic E-state index is 14.3. The molecule has 0 saturated heterocycles. The summed E-state index contributed by atoms with van der Waals surface area (Å²) in [5.74, 6) is -0.595. The van der Waals surface area contributed by atoms with Gasteiger partial charge < -0.3 is 0 Å². The fraction of sp³-hybridized carbons (Fsp3) is 0.0455. The molecule has 130 valence electrons. The van der Waals surface area contributed by atoms with Gasteiger partial charge in [0.1, 0.15) is 11.6 Å². The fourth-order valence-electron chi connectivity index (χ4n) is 2.37. The van der Waals surface area contributed by atoms with Gasteiger partial charge in [-0.15, -0.1) is 0 Å². The first-order chi connectivity index (χ1) is 12.6. The molecule has 0 saturated carbocycles. The van der Waals surface area contributed by atoms with Gasteiger partial charge in [-0.25, -0.2) is 13.8 Å². The quantitative estimate of drug-likeness (QED) is 0.362. The van der Waals surface area contributed by atoms with Crippen LogP contribution in [0, 0.1) is 18.6 Å². The summed E-state index contributed by atoms with van der Waals surface area (Å²) < 4.78 is 27.3. The SMILES string of the molecule is Cc1ccccc1/N=C(/C=C/Sc1ccc(F)cc1)c1ccccc1F. The number of aryl methyl sites for hydroxylation is 1. The summed E-state index contributed by atoms with van der Waals surface area (Å²) in [6, 6.07) is 20.5. The molecule has 0 atom stereocenters. The molecule has 3 rings (SSSR count). The molecule has 0 fully saturated rings. The lowest BCUT2D eigenvalue weighted by molar-refractivity contribution is 0.625. The van der Waals surface area contributed by atoms with Gasteiger partial charge in [-0.05, 0) is 66.4 Å². The molecule has 0 heterocycles. The molecule has 0 spiro atoms. The van der Waals surface area contributed by atoms with Gasteiger partial charge in [0, 0.05) is 10.5 Å². The lowest BCUT2D eigenvalue weighted by Gasteiger charge is -2.06. The number of aliphatic imine (C=N–C) groups is 1. The van der Waals surface area contributed by atoms with Crippen molar-refractivity contribution in [3.8, 4) is 0 Å². The lowest BCUT2D eigenvalue weighted by Crippen LogP contribution is -2.00. The smallest absolute Gasteiger partial charge is 0.132 e. The summed E-state index contributed by atoms with van der Waals surface area (Å²) in [7, 11) is 0. The molecule has 0 aliphatic carbocycles. The molecule has 0 aromatic heterocycles. The molecule has 0 radical (unpaired) electrons. The molecule has 0 aliphatic heterocycles. The summed E-state index contributed by atoms with van der Waals surface area (Å²) in [5, 5.41) is 1.83. The third-order valence-electron chi connectivity index (χ3n) is 3.75. The third-order valence-corrected chi connectivity index (χ3v) is 4.57. The number of para-hydroxylation sites is 1. The molecule has 26 heavy (non-hydrogen) atoms. The van der Waals surface area contributed by atoms with Crippen LogP contribution in [0.4, 0.5) is 14.5 Å². The number of thioether (sulfide) groups is 1. The van der Waals surface area contributed by atoms with Crippen molar-refractivity contribution in [3.05, 3.63) is 107 Å². The van der Waals surface area contributed by atoms with Gasteiger partial charge in [-0.1, -0.05) is 42.1 Å². The Labute approximate surface area is 156 Å². The molecular formula is C22H17F2NS. The van der Waals surface area contributed by atoms with Gasteiger partial charge >= 0.3 is 0 Å². The van der Waals surface area contributed by atoms with E-state index >= 15 is 0 Å². The molecule has 0 amide bonds. The van der Waals surface area contributed by atoms with Crippen molar-refractivity contribution in [2.45, 2.75) is 11.8 Å². The van der Waals surface area contributed by atoms with Gasteiger partial charge in [0.05, 0.1) is 11.4 Å². The van der Waals surface area contributed by atoms with E-state index in [1.807, 2.05) is 36.6 Å². The number of hydrogen-bond donors (Lipinski definition) is 0. The maximum Gasteiger partial charge on any atom is 0.132 e.